The van der Waals surface area contributed by atoms with E-state index < -0.39 is 12.0 Å². The predicted molar refractivity (Wildman–Crippen MR) is 74.6 cm³/mol. The van der Waals surface area contributed by atoms with Crippen molar-refractivity contribution in [2.24, 2.45) is 11.7 Å². The molecule has 0 rings (SSSR count). The molecule has 1 amide bonds. The highest BCUT2D eigenvalue weighted by Crippen LogP contribution is 2.08. The van der Waals surface area contributed by atoms with Crippen molar-refractivity contribution in [1.82, 2.24) is 5.32 Å². The van der Waals surface area contributed by atoms with E-state index in [0.717, 1.165) is 18.6 Å². The second kappa shape index (κ2) is 10.2. The molecule has 0 aromatic carbocycles. The maximum absolute atomic E-state index is 11.8. The van der Waals surface area contributed by atoms with E-state index in [9.17, 15) is 9.59 Å². The third-order valence-corrected chi connectivity index (χ3v) is 3.41. The van der Waals surface area contributed by atoms with Crippen molar-refractivity contribution in [3.63, 3.8) is 0 Å². The van der Waals surface area contributed by atoms with Crippen molar-refractivity contribution in [2.75, 3.05) is 18.6 Å². The number of rotatable bonds is 10. The molecule has 0 bridgehead atoms. The maximum Gasteiger partial charge on any atom is 0.326 e. The standard InChI is InChI=1S/C12H24N2O3S/c1-9(6-8-18-2)11(15)14-10(12(16)17)5-3-4-7-13/h9-10H,3-8,13H2,1-2H3,(H,14,15)(H,16,17)/t9-,10?/m0/s1. The van der Waals surface area contributed by atoms with Crippen molar-refractivity contribution in [3.05, 3.63) is 0 Å². The molecule has 0 fully saturated rings. The minimum absolute atomic E-state index is 0.145. The first-order valence-corrected chi connectivity index (χ1v) is 7.64. The molecule has 0 aromatic heterocycles. The van der Waals surface area contributed by atoms with Crippen LogP contribution >= 0.6 is 11.8 Å². The lowest BCUT2D eigenvalue weighted by Gasteiger charge is -2.17. The van der Waals surface area contributed by atoms with E-state index in [-0.39, 0.29) is 11.8 Å². The highest BCUT2D eigenvalue weighted by atomic mass is 32.2. The Labute approximate surface area is 113 Å². The number of hydrogen-bond acceptors (Lipinski definition) is 4. The van der Waals surface area contributed by atoms with Crippen LogP contribution in [0.25, 0.3) is 0 Å². The SMILES string of the molecule is CSCC[C@H](C)C(=O)NC(CCCCN)C(=O)O. The number of carboxylic acid groups (broad SMARTS) is 1. The number of nitrogens with one attached hydrogen (secondary N) is 1. The van der Waals surface area contributed by atoms with E-state index in [0.29, 0.717) is 19.4 Å². The largest absolute Gasteiger partial charge is 0.480 e. The molecule has 0 saturated heterocycles. The van der Waals surface area contributed by atoms with Crippen molar-refractivity contribution in [2.45, 2.75) is 38.6 Å². The van der Waals surface area contributed by atoms with Crippen LogP contribution in [0.4, 0.5) is 0 Å². The Morgan fingerprint density at radius 3 is 2.50 bits per heavy atom. The molecular weight excluding hydrogens is 252 g/mol. The van der Waals surface area contributed by atoms with Gasteiger partial charge in [0.1, 0.15) is 6.04 Å². The van der Waals surface area contributed by atoms with Gasteiger partial charge >= 0.3 is 5.97 Å². The molecule has 5 nitrogen and oxygen atoms in total. The summed E-state index contributed by atoms with van der Waals surface area (Å²) < 4.78 is 0. The molecule has 0 spiro atoms. The summed E-state index contributed by atoms with van der Waals surface area (Å²) in [6, 6.07) is -0.791. The van der Waals surface area contributed by atoms with Gasteiger partial charge in [0.2, 0.25) is 5.91 Å². The van der Waals surface area contributed by atoms with E-state index in [1.807, 2.05) is 13.2 Å². The third kappa shape index (κ3) is 7.55. The van der Waals surface area contributed by atoms with Gasteiger partial charge in [-0.2, -0.15) is 11.8 Å². The molecule has 0 radical (unpaired) electrons. The number of nitrogens with two attached hydrogens (primary N) is 1. The zero-order valence-electron chi connectivity index (χ0n) is 11.1. The van der Waals surface area contributed by atoms with E-state index in [4.69, 9.17) is 10.8 Å². The van der Waals surface area contributed by atoms with Gasteiger partial charge < -0.3 is 16.2 Å². The Hall–Kier alpha value is -0.750. The molecule has 0 aliphatic carbocycles. The van der Waals surface area contributed by atoms with Gasteiger partial charge in [-0.3, -0.25) is 4.79 Å². The van der Waals surface area contributed by atoms with Crippen molar-refractivity contribution >= 4 is 23.6 Å². The average Bonchev–Trinajstić information content (AvgIpc) is 2.34. The predicted octanol–water partition coefficient (Wildman–Crippen LogP) is 1.07. The number of amides is 1. The Kier molecular flexibility index (Phi) is 9.77. The molecule has 1 unspecified atom stereocenters. The van der Waals surface area contributed by atoms with Crippen LogP contribution in [0.2, 0.25) is 0 Å². The summed E-state index contributed by atoms with van der Waals surface area (Å²) >= 11 is 1.68. The topological polar surface area (TPSA) is 92.4 Å². The van der Waals surface area contributed by atoms with Gasteiger partial charge in [0.25, 0.3) is 0 Å². The van der Waals surface area contributed by atoms with Crippen LogP contribution in [0, 0.1) is 5.92 Å². The summed E-state index contributed by atoms with van der Waals surface area (Å²) in [5.41, 5.74) is 5.36. The van der Waals surface area contributed by atoms with E-state index in [1.54, 1.807) is 11.8 Å². The monoisotopic (exact) mass is 276 g/mol. The fourth-order valence-electron chi connectivity index (χ4n) is 1.49. The second-order valence-electron chi connectivity index (χ2n) is 4.37. The van der Waals surface area contributed by atoms with Gasteiger partial charge in [0.15, 0.2) is 0 Å². The quantitative estimate of drug-likeness (QED) is 0.519. The third-order valence-electron chi connectivity index (χ3n) is 2.76. The molecule has 18 heavy (non-hydrogen) atoms. The summed E-state index contributed by atoms with van der Waals surface area (Å²) in [7, 11) is 0. The minimum atomic E-state index is -0.975. The molecule has 0 aromatic rings. The fourth-order valence-corrected chi connectivity index (χ4v) is 2.08. The van der Waals surface area contributed by atoms with Crippen LogP contribution in [0.3, 0.4) is 0 Å². The van der Waals surface area contributed by atoms with Gasteiger partial charge in [-0.05, 0) is 44.2 Å². The molecule has 0 heterocycles. The molecule has 2 atom stereocenters. The van der Waals surface area contributed by atoms with Crippen molar-refractivity contribution in [3.8, 4) is 0 Å². The van der Waals surface area contributed by atoms with Crippen molar-refractivity contribution < 1.29 is 14.7 Å². The molecular formula is C12H24N2O3S. The Morgan fingerprint density at radius 2 is 2.00 bits per heavy atom. The number of carboxylic acids is 1. The number of hydrogen-bond donors (Lipinski definition) is 3. The molecule has 6 heteroatoms. The lowest BCUT2D eigenvalue weighted by atomic mass is 10.1. The Bertz CT molecular complexity index is 262. The van der Waals surface area contributed by atoms with Crippen LogP contribution < -0.4 is 11.1 Å². The van der Waals surface area contributed by atoms with E-state index in [1.165, 1.54) is 0 Å². The Balaban J connectivity index is 4.14. The second-order valence-corrected chi connectivity index (χ2v) is 5.35. The molecule has 0 saturated carbocycles. The van der Waals surface area contributed by atoms with Crippen LogP contribution in [-0.2, 0) is 9.59 Å². The number of unbranched alkanes of at least 4 members (excludes halogenated alkanes) is 1. The van der Waals surface area contributed by atoms with Crippen LogP contribution in [0.5, 0.6) is 0 Å². The average molecular weight is 276 g/mol. The minimum Gasteiger partial charge on any atom is -0.480 e. The maximum atomic E-state index is 11.8. The van der Waals surface area contributed by atoms with Gasteiger partial charge in [0.05, 0.1) is 0 Å². The van der Waals surface area contributed by atoms with E-state index in [2.05, 4.69) is 5.32 Å². The lowest BCUT2D eigenvalue weighted by Crippen LogP contribution is -2.43. The number of carbonyl (C=O) groups is 2. The summed E-state index contributed by atoms with van der Waals surface area (Å²) in [5, 5.41) is 11.6. The van der Waals surface area contributed by atoms with Gasteiger partial charge in [0, 0.05) is 5.92 Å². The van der Waals surface area contributed by atoms with Gasteiger partial charge in [-0.15, -0.1) is 0 Å². The summed E-state index contributed by atoms with van der Waals surface area (Å²) in [4.78, 5) is 22.8. The summed E-state index contributed by atoms with van der Waals surface area (Å²) in [6.07, 6.45) is 4.68. The molecule has 106 valence electrons. The highest BCUT2D eigenvalue weighted by molar-refractivity contribution is 7.98. The highest BCUT2D eigenvalue weighted by Gasteiger charge is 2.22. The molecule has 4 N–H and O–H groups in total. The first kappa shape index (κ1) is 17.2. The number of thioether (sulfide) groups is 1. The van der Waals surface area contributed by atoms with Crippen LogP contribution in [0.15, 0.2) is 0 Å². The first-order chi connectivity index (χ1) is 8.52. The first-order valence-electron chi connectivity index (χ1n) is 6.25. The fraction of sp³-hybridized carbons (Fsp3) is 0.833. The van der Waals surface area contributed by atoms with Crippen LogP contribution in [-0.4, -0.2) is 41.6 Å². The van der Waals surface area contributed by atoms with Crippen LogP contribution in [0.1, 0.15) is 32.6 Å². The molecule has 0 aliphatic rings. The summed E-state index contributed by atoms with van der Waals surface area (Å²) in [6.45, 7) is 2.37. The normalized spacial score (nSPS) is 13.9. The lowest BCUT2D eigenvalue weighted by molar-refractivity contribution is -0.142. The van der Waals surface area contributed by atoms with Gasteiger partial charge in [-0.1, -0.05) is 6.92 Å². The zero-order chi connectivity index (χ0) is 14.0. The smallest absolute Gasteiger partial charge is 0.326 e. The number of aliphatic carboxylic acids is 1. The Morgan fingerprint density at radius 1 is 1.33 bits per heavy atom. The number of carbonyl (C=O) groups excluding carboxylic acids is 1. The molecule has 0 aliphatic heterocycles. The zero-order valence-corrected chi connectivity index (χ0v) is 12.0. The van der Waals surface area contributed by atoms with Gasteiger partial charge in [-0.25, -0.2) is 4.79 Å². The van der Waals surface area contributed by atoms with Crippen molar-refractivity contribution in [1.29, 1.82) is 0 Å². The summed E-state index contributed by atoms with van der Waals surface area (Å²) in [5.74, 6) is -0.394. The van der Waals surface area contributed by atoms with E-state index >= 15 is 0 Å².